The fourth-order valence-electron chi connectivity index (χ4n) is 3.59. The Balaban J connectivity index is 1.53. The van der Waals surface area contributed by atoms with E-state index in [0.29, 0.717) is 13.0 Å². The number of benzene rings is 4. The molecular formula is C28H25NO3. The van der Waals surface area contributed by atoms with Gasteiger partial charge in [0.1, 0.15) is 18.4 Å². The molecule has 1 unspecified atom stereocenters. The highest BCUT2D eigenvalue weighted by Gasteiger charge is 2.18. The molecule has 0 aliphatic heterocycles. The lowest BCUT2D eigenvalue weighted by molar-refractivity contribution is -0.137. The number of rotatable bonds is 9. The molecule has 0 spiro atoms. The standard InChI is InChI=1S/C28H25NO3/c30-28(31)26(18-21-10-3-1-4-11-21)29-24-15-9-14-23(19-24)25-16-7-8-17-27(25)32-20-22-12-5-2-6-13-22/h1-17,19,26,29H,18,20H2,(H,30,31). The van der Waals surface area contributed by atoms with Crippen LogP contribution in [-0.4, -0.2) is 17.1 Å². The predicted octanol–water partition coefficient (Wildman–Crippen LogP) is 6.04. The highest BCUT2D eigenvalue weighted by Crippen LogP contribution is 2.32. The maximum atomic E-state index is 11.9. The van der Waals surface area contributed by atoms with Crippen LogP contribution in [0.3, 0.4) is 0 Å². The lowest BCUT2D eigenvalue weighted by atomic mass is 10.0. The van der Waals surface area contributed by atoms with Crippen molar-refractivity contribution in [2.45, 2.75) is 19.1 Å². The summed E-state index contributed by atoms with van der Waals surface area (Å²) >= 11 is 0. The summed E-state index contributed by atoms with van der Waals surface area (Å²) in [6.07, 6.45) is 0.400. The minimum atomic E-state index is -0.883. The van der Waals surface area contributed by atoms with Crippen molar-refractivity contribution in [2.24, 2.45) is 0 Å². The number of para-hydroxylation sites is 1. The molecule has 4 rings (SSSR count). The number of carboxylic acids is 1. The number of aliphatic carboxylic acids is 1. The normalized spacial score (nSPS) is 11.5. The van der Waals surface area contributed by atoms with Crippen LogP contribution in [0.5, 0.6) is 5.75 Å². The summed E-state index contributed by atoms with van der Waals surface area (Å²) in [6, 6.07) is 34.6. The third kappa shape index (κ3) is 5.55. The molecule has 4 aromatic carbocycles. The Kier molecular flexibility index (Phi) is 6.83. The quantitative estimate of drug-likeness (QED) is 0.345. The Hall–Kier alpha value is -4.05. The van der Waals surface area contributed by atoms with E-state index in [0.717, 1.165) is 33.7 Å². The zero-order chi connectivity index (χ0) is 22.2. The predicted molar refractivity (Wildman–Crippen MR) is 128 cm³/mol. The summed E-state index contributed by atoms with van der Waals surface area (Å²) in [5.74, 6) is -0.0987. The smallest absolute Gasteiger partial charge is 0.326 e. The molecule has 0 heterocycles. The maximum Gasteiger partial charge on any atom is 0.326 e. The molecule has 0 fully saturated rings. The van der Waals surface area contributed by atoms with Gasteiger partial charge in [-0.3, -0.25) is 0 Å². The highest BCUT2D eigenvalue weighted by atomic mass is 16.5. The van der Waals surface area contributed by atoms with E-state index in [-0.39, 0.29) is 0 Å². The number of carboxylic acid groups (broad SMARTS) is 1. The SMILES string of the molecule is O=C(O)C(Cc1ccccc1)Nc1cccc(-c2ccccc2OCc2ccccc2)c1. The molecule has 0 radical (unpaired) electrons. The summed E-state index contributed by atoms with van der Waals surface area (Å²) in [6.45, 7) is 0.480. The van der Waals surface area contributed by atoms with E-state index in [1.54, 1.807) is 0 Å². The van der Waals surface area contributed by atoms with Gasteiger partial charge in [-0.15, -0.1) is 0 Å². The lowest BCUT2D eigenvalue weighted by Crippen LogP contribution is -2.31. The first-order valence-corrected chi connectivity index (χ1v) is 10.6. The van der Waals surface area contributed by atoms with Gasteiger partial charge in [-0.2, -0.15) is 0 Å². The molecule has 4 nitrogen and oxygen atoms in total. The van der Waals surface area contributed by atoms with Crippen molar-refractivity contribution >= 4 is 11.7 Å². The molecule has 32 heavy (non-hydrogen) atoms. The van der Waals surface area contributed by atoms with Crippen LogP contribution in [0, 0.1) is 0 Å². The van der Waals surface area contributed by atoms with E-state index in [9.17, 15) is 9.90 Å². The molecule has 0 aromatic heterocycles. The molecule has 0 aliphatic carbocycles. The van der Waals surface area contributed by atoms with Crippen molar-refractivity contribution in [2.75, 3.05) is 5.32 Å². The summed E-state index contributed by atoms with van der Waals surface area (Å²) < 4.78 is 6.10. The van der Waals surface area contributed by atoms with Gasteiger partial charge in [0.05, 0.1) is 0 Å². The average Bonchev–Trinajstić information content (AvgIpc) is 2.84. The summed E-state index contributed by atoms with van der Waals surface area (Å²) in [7, 11) is 0. The summed E-state index contributed by atoms with van der Waals surface area (Å²) in [4.78, 5) is 11.9. The van der Waals surface area contributed by atoms with Crippen LogP contribution in [-0.2, 0) is 17.8 Å². The molecule has 4 heteroatoms. The third-order valence-electron chi connectivity index (χ3n) is 5.22. The van der Waals surface area contributed by atoms with E-state index in [2.05, 4.69) is 5.32 Å². The first-order chi connectivity index (χ1) is 15.7. The number of hydrogen-bond acceptors (Lipinski definition) is 3. The van der Waals surface area contributed by atoms with Crippen LogP contribution in [0.15, 0.2) is 109 Å². The molecule has 0 amide bonds. The molecule has 0 aliphatic rings. The van der Waals surface area contributed by atoms with Gasteiger partial charge >= 0.3 is 5.97 Å². The number of anilines is 1. The van der Waals surface area contributed by atoms with E-state index >= 15 is 0 Å². The zero-order valence-electron chi connectivity index (χ0n) is 17.6. The van der Waals surface area contributed by atoms with Crippen LogP contribution < -0.4 is 10.1 Å². The van der Waals surface area contributed by atoms with Crippen LogP contribution in [0.2, 0.25) is 0 Å². The summed E-state index contributed by atoms with van der Waals surface area (Å²) in [5, 5.41) is 12.9. The molecule has 1 atom stereocenters. The largest absolute Gasteiger partial charge is 0.488 e. The average molecular weight is 424 g/mol. The Morgan fingerprint density at radius 3 is 2.16 bits per heavy atom. The fraction of sp³-hybridized carbons (Fsp3) is 0.107. The lowest BCUT2D eigenvalue weighted by Gasteiger charge is -2.17. The first kappa shape index (κ1) is 21.2. The minimum absolute atomic E-state index is 0.400. The van der Waals surface area contributed by atoms with Gasteiger partial charge in [-0.25, -0.2) is 4.79 Å². The molecular weight excluding hydrogens is 398 g/mol. The van der Waals surface area contributed by atoms with E-state index in [1.165, 1.54) is 0 Å². The number of carbonyl (C=O) groups is 1. The Bertz CT molecular complexity index is 1160. The third-order valence-corrected chi connectivity index (χ3v) is 5.22. The van der Waals surface area contributed by atoms with Gasteiger partial charge in [0.15, 0.2) is 0 Å². The first-order valence-electron chi connectivity index (χ1n) is 10.6. The van der Waals surface area contributed by atoms with Crippen LogP contribution in [0.1, 0.15) is 11.1 Å². The van der Waals surface area contributed by atoms with Crippen molar-refractivity contribution in [3.63, 3.8) is 0 Å². The maximum absolute atomic E-state index is 11.9. The van der Waals surface area contributed by atoms with Gasteiger partial charge in [-0.1, -0.05) is 91.0 Å². The molecule has 0 saturated carbocycles. The van der Waals surface area contributed by atoms with Crippen LogP contribution in [0.4, 0.5) is 5.69 Å². The molecule has 0 saturated heterocycles. The Morgan fingerprint density at radius 1 is 0.781 bits per heavy atom. The number of nitrogens with one attached hydrogen (secondary N) is 1. The molecule has 4 aromatic rings. The van der Waals surface area contributed by atoms with Gasteiger partial charge in [0.2, 0.25) is 0 Å². The van der Waals surface area contributed by atoms with Crippen molar-refractivity contribution in [1.29, 1.82) is 0 Å². The highest BCUT2D eigenvalue weighted by molar-refractivity contribution is 5.79. The summed E-state index contributed by atoms with van der Waals surface area (Å²) in [5.41, 5.74) is 4.75. The van der Waals surface area contributed by atoms with E-state index in [4.69, 9.17) is 4.74 Å². The van der Waals surface area contributed by atoms with Crippen molar-refractivity contribution < 1.29 is 14.6 Å². The second-order valence-electron chi connectivity index (χ2n) is 7.58. The van der Waals surface area contributed by atoms with Crippen LogP contribution in [0.25, 0.3) is 11.1 Å². The van der Waals surface area contributed by atoms with Crippen LogP contribution >= 0.6 is 0 Å². The minimum Gasteiger partial charge on any atom is -0.488 e. The number of hydrogen-bond donors (Lipinski definition) is 2. The van der Waals surface area contributed by atoms with Crippen molar-refractivity contribution in [1.82, 2.24) is 0 Å². The molecule has 0 bridgehead atoms. The molecule has 2 N–H and O–H groups in total. The van der Waals surface area contributed by atoms with Crippen molar-refractivity contribution in [3.05, 3.63) is 120 Å². The monoisotopic (exact) mass is 423 g/mol. The van der Waals surface area contributed by atoms with E-state index < -0.39 is 12.0 Å². The van der Waals surface area contributed by atoms with Gasteiger partial charge in [0.25, 0.3) is 0 Å². The van der Waals surface area contributed by atoms with Gasteiger partial charge in [-0.05, 0) is 34.9 Å². The van der Waals surface area contributed by atoms with Gasteiger partial charge in [0, 0.05) is 17.7 Å². The Morgan fingerprint density at radius 2 is 1.44 bits per heavy atom. The van der Waals surface area contributed by atoms with Crippen molar-refractivity contribution in [3.8, 4) is 16.9 Å². The van der Waals surface area contributed by atoms with E-state index in [1.807, 2.05) is 109 Å². The zero-order valence-corrected chi connectivity index (χ0v) is 17.6. The second-order valence-corrected chi connectivity index (χ2v) is 7.58. The topological polar surface area (TPSA) is 58.6 Å². The Labute approximate surface area is 188 Å². The number of ether oxygens (including phenoxy) is 1. The molecule has 160 valence electrons. The fourth-order valence-corrected chi connectivity index (χ4v) is 3.59. The second kappa shape index (κ2) is 10.3. The van der Waals surface area contributed by atoms with Gasteiger partial charge < -0.3 is 15.2 Å².